The molecule has 3 aromatic rings. The van der Waals surface area contributed by atoms with E-state index in [9.17, 15) is 22.8 Å². The van der Waals surface area contributed by atoms with Crippen LogP contribution >= 0.6 is 20.8 Å². The topological polar surface area (TPSA) is 108 Å². The number of imidazole rings is 1. The number of benzene rings is 1. The molecule has 0 radical (unpaired) electrons. The van der Waals surface area contributed by atoms with Crippen molar-refractivity contribution in [1.29, 1.82) is 0 Å². The van der Waals surface area contributed by atoms with Gasteiger partial charge in [-0.1, -0.05) is 11.6 Å². The number of carbonyl (C=O) groups is 2. The van der Waals surface area contributed by atoms with Gasteiger partial charge in [0, 0.05) is 18.4 Å². The van der Waals surface area contributed by atoms with Gasteiger partial charge in [0.2, 0.25) is 5.82 Å². The lowest BCUT2D eigenvalue weighted by atomic mass is 10.1. The Bertz CT molecular complexity index is 1430. The largest absolute Gasteiger partial charge is 0.417 e. The van der Waals surface area contributed by atoms with Crippen molar-refractivity contribution in [3.63, 3.8) is 0 Å². The van der Waals surface area contributed by atoms with Crippen LogP contribution in [-0.4, -0.2) is 75.1 Å². The second kappa shape index (κ2) is 9.86. The van der Waals surface area contributed by atoms with Crippen molar-refractivity contribution in [3.8, 4) is 11.3 Å². The number of primary amides is 1. The summed E-state index contributed by atoms with van der Waals surface area (Å²) in [5.41, 5.74) is 5.61. The van der Waals surface area contributed by atoms with E-state index in [1.165, 1.54) is 26.4 Å². The SMILES string of the molecule is CC1CN(c2ccc(C(F)(F)F)c(Cl)c2)C(=O)c2c(-c3cn(COCC[SH](C)(C)(C)C)c(C(N)=O)n3)cnn21. The summed E-state index contributed by atoms with van der Waals surface area (Å²) >= 11 is 5.92. The van der Waals surface area contributed by atoms with Crippen LogP contribution in [-0.2, 0) is 17.6 Å². The molecule has 1 unspecified atom stereocenters. The third-order valence-electron chi connectivity index (χ3n) is 6.31. The maximum absolute atomic E-state index is 13.6. The van der Waals surface area contributed by atoms with Crippen molar-refractivity contribution in [2.24, 2.45) is 5.73 Å². The lowest BCUT2D eigenvalue weighted by Crippen LogP contribution is -2.42. The second-order valence-electron chi connectivity index (χ2n) is 11.8. The van der Waals surface area contributed by atoms with Crippen LogP contribution in [0.25, 0.3) is 11.3 Å². The molecule has 1 aliphatic heterocycles. The molecular weight excluding hydrogens is 557 g/mol. The lowest BCUT2D eigenvalue weighted by Gasteiger charge is -2.46. The Kier molecular flexibility index (Phi) is 7.32. The number of halogens is 4. The van der Waals surface area contributed by atoms with E-state index in [1.54, 1.807) is 6.20 Å². The molecule has 39 heavy (non-hydrogen) atoms. The maximum atomic E-state index is 13.6. The van der Waals surface area contributed by atoms with Gasteiger partial charge in [-0.25, -0.2) is 4.98 Å². The van der Waals surface area contributed by atoms with Gasteiger partial charge in [-0.05, 0) is 55.9 Å². The molecule has 14 heteroatoms. The van der Waals surface area contributed by atoms with Gasteiger partial charge < -0.3 is 19.9 Å². The molecule has 0 bridgehead atoms. The van der Waals surface area contributed by atoms with Gasteiger partial charge in [-0.3, -0.25) is 23.4 Å². The van der Waals surface area contributed by atoms with Crippen molar-refractivity contribution >= 4 is 38.3 Å². The van der Waals surface area contributed by atoms with E-state index in [0.29, 0.717) is 12.2 Å². The summed E-state index contributed by atoms with van der Waals surface area (Å²) in [6.45, 7) is 2.53. The van der Waals surface area contributed by atoms with Crippen LogP contribution in [0.5, 0.6) is 0 Å². The Morgan fingerprint density at radius 2 is 1.95 bits per heavy atom. The minimum atomic E-state index is -4.62. The number of carbonyl (C=O) groups excluding carboxylic acids is 2. The predicted octanol–water partition coefficient (Wildman–Crippen LogP) is 4.31. The van der Waals surface area contributed by atoms with Gasteiger partial charge in [0.25, 0.3) is 11.8 Å². The van der Waals surface area contributed by atoms with Gasteiger partial charge in [-0.2, -0.15) is 18.3 Å². The summed E-state index contributed by atoms with van der Waals surface area (Å²) in [5.74, 6) is -0.396. The van der Waals surface area contributed by atoms with Gasteiger partial charge >= 0.3 is 6.18 Å². The number of nitrogens with zero attached hydrogens (tertiary/aromatic N) is 5. The van der Waals surface area contributed by atoms with E-state index in [0.717, 1.165) is 17.9 Å². The number of aromatic nitrogens is 4. The molecule has 2 N–H and O–H groups in total. The van der Waals surface area contributed by atoms with Crippen LogP contribution < -0.4 is 10.6 Å². The quantitative estimate of drug-likeness (QED) is 0.301. The van der Waals surface area contributed by atoms with Crippen molar-refractivity contribution in [1.82, 2.24) is 19.3 Å². The van der Waals surface area contributed by atoms with Gasteiger partial charge in [0.05, 0.1) is 40.7 Å². The number of hydrogen-bond donors (Lipinski definition) is 2. The Hall–Kier alpha value is -3.03. The first kappa shape index (κ1) is 29.0. The molecular formula is C25H32ClF3N6O3S. The summed E-state index contributed by atoms with van der Waals surface area (Å²) in [5, 5.41) is 3.85. The fraction of sp³-hybridized carbons (Fsp3) is 0.440. The van der Waals surface area contributed by atoms with Gasteiger partial charge in [0.1, 0.15) is 12.4 Å². The fourth-order valence-electron chi connectivity index (χ4n) is 4.21. The van der Waals surface area contributed by atoms with Crippen LogP contribution in [0.1, 0.15) is 39.6 Å². The number of fused-ring (bicyclic) bond motifs is 1. The van der Waals surface area contributed by atoms with Crippen LogP contribution in [0, 0.1) is 0 Å². The zero-order chi connectivity index (χ0) is 28.9. The maximum Gasteiger partial charge on any atom is 0.417 e. The molecule has 2 aromatic heterocycles. The average Bonchev–Trinajstić information content (AvgIpc) is 3.42. The van der Waals surface area contributed by atoms with Crippen molar-refractivity contribution in [2.75, 3.05) is 48.8 Å². The number of rotatable bonds is 8. The Balaban J connectivity index is 1.65. The van der Waals surface area contributed by atoms with E-state index >= 15 is 0 Å². The average molecular weight is 589 g/mol. The summed E-state index contributed by atoms with van der Waals surface area (Å²) < 4.78 is 48.4. The number of alkyl halides is 3. The number of anilines is 1. The third-order valence-corrected chi connectivity index (χ3v) is 8.59. The van der Waals surface area contributed by atoms with Crippen molar-refractivity contribution < 1.29 is 27.5 Å². The van der Waals surface area contributed by atoms with E-state index < -0.39 is 37.7 Å². The first-order valence-electron chi connectivity index (χ1n) is 12.1. The summed E-state index contributed by atoms with van der Waals surface area (Å²) in [4.78, 5) is 31.5. The number of amides is 2. The minimum Gasteiger partial charge on any atom is -0.363 e. The molecule has 0 aliphatic carbocycles. The monoisotopic (exact) mass is 588 g/mol. The van der Waals surface area contributed by atoms with Crippen LogP contribution in [0.2, 0.25) is 5.02 Å². The zero-order valence-corrected chi connectivity index (χ0v) is 23.9. The molecule has 0 saturated carbocycles. The third kappa shape index (κ3) is 6.25. The van der Waals surface area contributed by atoms with E-state index in [4.69, 9.17) is 22.1 Å². The van der Waals surface area contributed by atoms with Crippen molar-refractivity contribution in [2.45, 2.75) is 25.9 Å². The summed E-state index contributed by atoms with van der Waals surface area (Å²) in [7, 11) is -1.77. The molecule has 1 atom stereocenters. The number of hydrogen-bond acceptors (Lipinski definition) is 5. The first-order valence-corrected chi connectivity index (χ1v) is 16.7. The van der Waals surface area contributed by atoms with Gasteiger partial charge in [0.15, 0.2) is 0 Å². The molecule has 0 saturated heterocycles. The Morgan fingerprint density at radius 3 is 2.54 bits per heavy atom. The number of ether oxygens (including phenoxy) is 1. The molecule has 4 rings (SSSR count). The highest BCUT2D eigenvalue weighted by molar-refractivity contribution is 8.47. The normalized spacial score (nSPS) is 17.2. The lowest BCUT2D eigenvalue weighted by molar-refractivity contribution is -0.137. The van der Waals surface area contributed by atoms with E-state index in [2.05, 4.69) is 35.1 Å². The molecule has 9 nitrogen and oxygen atoms in total. The summed E-state index contributed by atoms with van der Waals surface area (Å²) in [6.07, 6.45) is 7.37. The molecule has 0 spiro atoms. The molecule has 1 aliphatic rings. The molecule has 214 valence electrons. The minimum absolute atomic E-state index is 0.0360. The Morgan fingerprint density at radius 1 is 1.26 bits per heavy atom. The molecule has 2 amide bonds. The summed E-state index contributed by atoms with van der Waals surface area (Å²) in [6, 6.07) is 2.88. The number of nitrogens with two attached hydrogens (primary N) is 1. The highest BCUT2D eigenvalue weighted by atomic mass is 35.5. The standard InChI is InChI=1S/C25H32ClF3N6O3S/c1-15-12-34(16-6-7-18(19(26)10-16)25(27,28)29)24(37)21-17(11-31-35(15)21)20-13-33(23(32-20)22(30)36)14-38-8-9-39(2,3,4)5/h6-7,10-11,13,15,39H,8-9,12,14H2,1-5H3,(H2,30,36). The molecule has 0 fully saturated rings. The van der Waals surface area contributed by atoms with E-state index in [-0.39, 0.29) is 42.2 Å². The highest BCUT2D eigenvalue weighted by Gasteiger charge is 2.37. The Labute approximate surface area is 229 Å². The fourth-order valence-corrected chi connectivity index (χ4v) is 5.35. The van der Waals surface area contributed by atoms with Crippen LogP contribution in [0.4, 0.5) is 18.9 Å². The van der Waals surface area contributed by atoms with Crippen molar-refractivity contribution in [3.05, 3.63) is 52.7 Å². The van der Waals surface area contributed by atoms with Gasteiger partial charge in [-0.15, -0.1) is 0 Å². The zero-order valence-electron chi connectivity index (χ0n) is 22.3. The first-order chi connectivity index (χ1) is 17.9. The van der Waals surface area contributed by atoms with Crippen LogP contribution in [0.3, 0.4) is 0 Å². The number of thiol groups is 1. The second-order valence-corrected chi connectivity index (χ2v) is 20.5. The predicted molar refractivity (Wildman–Crippen MR) is 148 cm³/mol. The van der Waals surface area contributed by atoms with E-state index in [1.807, 2.05) is 6.92 Å². The molecule has 1 aromatic carbocycles. The molecule has 3 heterocycles. The highest BCUT2D eigenvalue weighted by Crippen LogP contribution is 2.54. The smallest absolute Gasteiger partial charge is 0.363 e. The van der Waals surface area contributed by atoms with Crippen LogP contribution in [0.15, 0.2) is 30.6 Å².